The minimum absolute atomic E-state index is 0.0513. The van der Waals surface area contributed by atoms with Crippen LogP contribution in [-0.2, 0) is 19.8 Å². The number of rotatable bonds is 5. The van der Waals surface area contributed by atoms with Gasteiger partial charge in [-0.1, -0.05) is 23.4 Å². The molecule has 0 bridgehead atoms. The van der Waals surface area contributed by atoms with Crippen molar-refractivity contribution in [3.8, 4) is 11.4 Å². The van der Waals surface area contributed by atoms with E-state index in [4.69, 9.17) is 4.52 Å². The maximum absolute atomic E-state index is 13.9. The van der Waals surface area contributed by atoms with E-state index >= 15 is 0 Å². The summed E-state index contributed by atoms with van der Waals surface area (Å²) in [7, 11) is 1.75. The highest BCUT2D eigenvalue weighted by Crippen LogP contribution is 2.37. The van der Waals surface area contributed by atoms with Crippen molar-refractivity contribution in [1.82, 2.24) is 29.7 Å². The molecule has 0 aliphatic rings. The maximum Gasteiger partial charge on any atom is 0.437 e. The van der Waals surface area contributed by atoms with Gasteiger partial charge in [0.25, 0.3) is 5.91 Å². The van der Waals surface area contributed by atoms with Crippen LogP contribution in [0.1, 0.15) is 38.9 Å². The largest absolute Gasteiger partial charge is 0.437 e. The van der Waals surface area contributed by atoms with Crippen LogP contribution in [0.5, 0.6) is 0 Å². The third kappa shape index (κ3) is 4.57. The van der Waals surface area contributed by atoms with Crippen molar-refractivity contribution >= 4 is 22.5 Å². The Bertz CT molecular complexity index is 1650. The van der Waals surface area contributed by atoms with Crippen molar-refractivity contribution in [3.05, 3.63) is 76.6 Å². The highest BCUT2D eigenvalue weighted by Gasteiger charge is 2.39. The monoisotopic (exact) mass is 509 g/mol. The summed E-state index contributed by atoms with van der Waals surface area (Å²) >= 11 is 0. The highest BCUT2D eigenvalue weighted by molar-refractivity contribution is 6.13. The zero-order valence-electron chi connectivity index (χ0n) is 20.4. The number of halogens is 3. The number of fused-ring (bicyclic) bond motifs is 1. The predicted octanol–water partition coefficient (Wildman–Crippen LogP) is 5.06. The fraction of sp³-hybridized carbons (Fsp3) is 0.240. The number of amides is 1. The highest BCUT2D eigenvalue weighted by atomic mass is 19.4. The van der Waals surface area contributed by atoms with E-state index in [0.717, 1.165) is 10.4 Å². The second-order valence-electron chi connectivity index (χ2n) is 8.71. The molecule has 1 N–H and O–H groups in total. The van der Waals surface area contributed by atoms with Crippen LogP contribution < -0.4 is 5.32 Å². The minimum atomic E-state index is -4.80. The number of para-hydroxylation sites is 1. The van der Waals surface area contributed by atoms with Crippen LogP contribution in [0.4, 0.5) is 18.9 Å². The summed E-state index contributed by atoms with van der Waals surface area (Å²) in [6.07, 6.45) is -4.80. The Balaban J connectivity index is 1.58. The molecule has 37 heavy (non-hydrogen) atoms. The molecule has 1 aromatic carbocycles. The average Bonchev–Trinajstić information content (AvgIpc) is 3.50. The van der Waals surface area contributed by atoms with Gasteiger partial charge in [0.2, 0.25) is 0 Å². The van der Waals surface area contributed by atoms with Gasteiger partial charge in [-0.2, -0.15) is 23.4 Å². The van der Waals surface area contributed by atoms with Crippen LogP contribution in [0.2, 0.25) is 0 Å². The molecule has 0 aliphatic carbocycles. The van der Waals surface area contributed by atoms with Gasteiger partial charge in [0.15, 0.2) is 5.69 Å². The quantitative estimate of drug-likeness (QED) is 0.355. The van der Waals surface area contributed by atoms with Crippen molar-refractivity contribution in [2.24, 2.45) is 7.05 Å². The molecule has 4 aromatic heterocycles. The lowest BCUT2D eigenvalue weighted by Gasteiger charge is -2.12. The number of pyridine rings is 1. The SMILES string of the molecule is Cc1cc(-c2cc(C(=O)Nc3c(C(F)(F)F)nn(Cc4cc(C)on4)c3C)c3ccccc3n2)n(C)n1. The first-order valence-electron chi connectivity index (χ1n) is 11.3. The Morgan fingerprint density at radius 1 is 1.08 bits per heavy atom. The molecule has 0 radical (unpaired) electrons. The van der Waals surface area contributed by atoms with E-state index < -0.39 is 23.5 Å². The summed E-state index contributed by atoms with van der Waals surface area (Å²) < 4.78 is 49.6. The van der Waals surface area contributed by atoms with Crippen LogP contribution in [0.15, 0.2) is 47.0 Å². The Labute approximate surface area is 208 Å². The molecule has 9 nitrogen and oxygen atoms in total. The fourth-order valence-electron chi connectivity index (χ4n) is 4.22. The van der Waals surface area contributed by atoms with Gasteiger partial charge >= 0.3 is 6.18 Å². The summed E-state index contributed by atoms with van der Waals surface area (Å²) in [6, 6.07) is 11.9. The van der Waals surface area contributed by atoms with Crippen LogP contribution in [0, 0.1) is 20.8 Å². The number of hydrogen-bond acceptors (Lipinski definition) is 6. The molecule has 5 aromatic rings. The van der Waals surface area contributed by atoms with Crippen molar-refractivity contribution in [2.75, 3.05) is 5.32 Å². The lowest BCUT2D eigenvalue weighted by atomic mass is 10.1. The molecule has 0 aliphatic heterocycles. The molecule has 12 heteroatoms. The number of carbonyl (C=O) groups excluding carboxylic acids is 1. The summed E-state index contributed by atoms with van der Waals surface area (Å²) in [5, 5.41) is 14.9. The van der Waals surface area contributed by atoms with Gasteiger partial charge < -0.3 is 9.84 Å². The number of nitrogens with one attached hydrogen (secondary N) is 1. The molecule has 1 amide bonds. The number of carbonyl (C=O) groups is 1. The average molecular weight is 509 g/mol. The molecule has 0 unspecified atom stereocenters. The fourth-order valence-corrected chi connectivity index (χ4v) is 4.22. The van der Waals surface area contributed by atoms with E-state index in [1.54, 1.807) is 55.1 Å². The van der Waals surface area contributed by atoms with Gasteiger partial charge in [-0.05, 0) is 39.0 Å². The number of benzene rings is 1. The van der Waals surface area contributed by atoms with Crippen molar-refractivity contribution in [1.29, 1.82) is 0 Å². The Morgan fingerprint density at radius 2 is 1.84 bits per heavy atom. The van der Waals surface area contributed by atoms with Crippen LogP contribution in [0.3, 0.4) is 0 Å². The molecule has 5 rings (SSSR count). The second-order valence-corrected chi connectivity index (χ2v) is 8.71. The lowest BCUT2D eigenvalue weighted by molar-refractivity contribution is -0.140. The summed E-state index contributed by atoms with van der Waals surface area (Å²) in [6.45, 7) is 4.92. The zero-order chi connectivity index (χ0) is 26.5. The van der Waals surface area contributed by atoms with Crippen molar-refractivity contribution in [2.45, 2.75) is 33.5 Å². The molecule has 0 atom stereocenters. The van der Waals surface area contributed by atoms with Crippen molar-refractivity contribution in [3.63, 3.8) is 0 Å². The molecule has 190 valence electrons. The van der Waals surface area contributed by atoms with Crippen molar-refractivity contribution < 1.29 is 22.5 Å². The van der Waals surface area contributed by atoms with Crippen LogP contribution >= 0.6 is 0 Å². The van der Waals surface area contributed by atoms with E-state index in [2.05, 4.69) is 25.7 Å². The summed E-state index contributed by atoms with van der Waals surface area (Å²) in [5.74, 6) is -0.197. The van der Waals surface area contributed by atoms with E-state index in [1.165, 1.54) is 6.92 Å². The molecule has 0 saturated heterocycles. The number of aryl methyl sites for hydroxylation is 3. The molecule has 0 spiro atoms. The molecular formula is C25H22F3N7O2. The maximum atomic E-state index is 13.9. The normalized spacial score (nSPS) is 11.9. The standard InChI is InChI=1S/C25H22F3N7O2/c1-13-9-21(34(4)31-13)20-11-18(17-7-5-6-8-19(17)29-20)24(36)30-22-15(3)35(32-23(22)25(26,27)28)12-16-10-14(2)37-33-16/h5-11H,12H2,1-4H3,(H,30,36). The Kier molecular flexibility index (Phi) is 5.81. The first-order chi connectivity index (χ1) is 17.5. The summed E-state index contributed by atoms with van der Waals surface area (Å²) in [5.41, 5.74) is 1.51. The number of hydrogen-bond donors (Lipinski definition) is 1. The lowest BCUT2D eigenvalue weighted by Crippen LogP contribution is -2.17. The third-order valence-electron chi connectivity index (χ3n) is 5.93. The van der Waals surface area contributed by atoms with Gasteiger partial charge in [0.1, 0.15) is 11.5 Å². The minimum Gasteiger partial charge on any atom is -0.361 e. The number of alkyl halides is 3. The number of nitrogens with zero attached hydrogens (tertiary/aromatic N) is 6. The molecule has 0 fully saturated rings. The number of aromatic nitrogens is 6. The Morgan fingerprint density at radius 3 is 2.49 bits per heavy atom. The van der Waals surface area contributed by atoms with Gasteiger partial charge in [0.05, 0.1) is 46.1 Å². The first kappa shape index (κ1) is 24.2. The summed E-state index contributed by atoms with van der Waals surface area (Å²) in [4.78, 5) is 18.2. The van der Waals surface area contributed by atoms with Crippen LogP contribution in [0.25, 0.3) is 22.3 Å². The van der Waals surface area contributed by atoms with Gasteiger partial charge in [-0.15, -0.1) is 0 Å². The predicted molar refractivity (Wildman–Crippen MR) is 129 cm³/mol. The van der Waals surface area contributed by atoms with Gasteiger partial charge in [0, 0.05) is 18.5 Å². The van der Waals surface area contributed by atoms with E-state index in [0.29, 0.717) is 33.7 Å². The molecular weight excluding hydrogens is 487 g/mol. The topological polar surface area (TPSA) is 104 Å². The smallest absolute Gasteiger partial charge is 0.361 e. The van der Waals surface area contributed by atoms with Gasteiger partial charge in [-0.3, -0.25) is 14.2 Å². The first-order valence-corrected chi connectivity index (χ1v) is 11.3. The molecule has 0 saturated carbocycles. The Hall–Kier alpha value is -4.48. The van der Waals surface area contributed by atoms with E-state index in [9.17, 15) is 18.0 Å². The van der Waals surface area contributed by atoms with Crippen LogP contribution in [-0.4, -0.2) is 35.6 Å². The van der Waals surface area contributed by atoms with E-state index in [1.807, 2.05) is 13.0 Å². The second kappa shape index (κ2) is 8.87. The third-order valence-corrected chi connectivity index (χ3v) is 5.93. The van der Waals surface area contributed by atoms with Gasteiger partial charge in [-0.25, -0.2) is 4.98 Å². The number of anilines is 1. The van der Waals surface area contributed by atoms with E-state index in [-0.39, 0.29) is 17.8 Å². The molecule has 4 heterocycles. The zero-order valence-corrected chi connectivity index (χ0v) is 20.4.